The lowest BCUT2D eigenvalue weighted by Gasteiger charge is -2.28. The average molecular weight is 411 g/mol. The lowest BCUT2D eigenvalue weighted by molar-refractivity contribution is -0.116. The molecule has 0 spiro atoms. The van der Waals surface area contributed by atoms with E-state index in [-0.39, 0.29) is 0 Å². The maximum atomic E-state index is 12.5. The third kappa shape index (κ3) is 4.58. The minimum Gasteiger partial charge on any atom is -0.324 e. The lowest BCUT2D eigenvalue weighted by Crippen LogP contribution is -2.45. The van der Waals surface area contributed by atoms with Gasteiger partial charge in [0.05, 0.1) is 11.9 Å². The maximum Gasteiger partial charge on any atom is 0.247 e. The number of hydrogen-bond acceptors (Lipinski definition) is 3. The summed E-state index contributed by atoms with van der Waals surface area (Å²) in [5.74, 6) is -0.399. The molecular formula is C17H19BrN2O3S. The molecule has 0 aliphatic carbocycles. The molecule has 0 saturated heterocycles. The Bertz CT molecular complexity index is 835. The summed E-state index contributed by atoms with van der Waals surface area (Å²) in [7, 11) is -3.61. The Morgan fingerprint density at radius 1 is 1.17 bits per heavy atom. The molecule has 0 aliphatic heterocycles. The number of aryl methyl sites for hydroxylation is 1. The van der Waals surface area contributed by atoms with Crippen molar-refractivity contribution in [2.45, 2.75) is 19.9 Å². The number of anilines is 2. The Morgan fingerprint density at radius 3 is 2.33 bits per heavy atom. The van der Waals surface area contributed by atoms with Gasteiger partial charge >= 0.3 is 0 Å². The average Bonchev–Trinajstić information content (AvgIpc) is 2.48. The summed E-state index contributed by atoms with van der Waals surface area (Å²) >= 11 is 3.33. The van der Waals surface area contributed by atoms with Gasteiger partial charge in [0.15, 0.2) is 0 Å². The normalized spacial score (nSPS) is 12.5. The van der Waals surface area contributed by atoms with Crippen LogP contribution in [0.4, 0.5) is 11.4 Å². The van der Waals surface area contributed by atoms with Crippen LogP contribution >= 0.6 is 15.9 Å². The summed E-state index contributed by atoms with van der Waals surface area (Å²) in [6, 6.07) is 13.3. The monoisotopic (exact) mass is 410 g/mol. The van der Waals surface area contributed by atoms with Crippen molar-refractivity contribution in [3.63, 3.8) is 0 Å². The van der Waals surface area contributed by atoms with Gasteiger partial charge in [-0.1, -0.05) is 28.1 Å². The van der Waals surface area contributed by atoms with Crippen molar-refractivity contribution in [2.75, 3.05) is 15.9 Å². The number of hydrogen-bond donors (Lipinski definition) is 1. The number of carbonyl (C=O) groups is 1. The fraction of sp³-hybridized carbons (Fsp3) is 0.235. The first-order valence-corrected chi connectivity index (χ1v) is 9.95. The van der Waals surface area contributed by atoms with Crippen LogP contribution in [-0.2, 0) is 14.8 Å². The predicted octanol–water partition coefficient (Wildman–Crippen LogP) is 3.55. The minimum atomic E-state index is -3.61. The van der Waals surface area contributed by atoms with Crippen molar-refractivity contribution < 1.29 is 13.2 Å². The molecule has 0 fully saturated rings. The van der Waals surface area contributed by atoms with Crippen LogP contribution in [0.1, 0.15) is 12.5 Å². The summed E-state index contributed by atoms with van der Waals surface area (Å²) in [5.41, 5.74) is 1.99. The van der Waals surface area contributed by atoms with Crippen LogP contribution in [-0.4, -0.2) is 26.6 Å². The number of benzene rings is 2. The summed E-state index contributed by atoms with van der Waals surface area (Å²) in [5, 5.41) is 2.74. The molecule has 0 radical (unpaired) electrons. The first-order valence-electron chi connectivity index (χ1n) is 7.31. The molecule has 0 bridgehead atoms. The van der Waals surface area contributed by atoms with Gasteiger partial charge in [0, 0.05) is 10.2 Å². The molecule has 1 N–H and O–H groups in total. The van der Waals surface area contributed by atoms with Crippen LogP contribution in [0.2, 0.25) is 0 Å². The highest BCUT2D eigenvalue weighted by Crippen LogP contribution is 2.23. The van der Waals surface area contributed by atoms with Gasteiger partial charge in [0.1, 0.15) is 6.04 Å². The number of halogens is 1. The number of rotatable bonds is 5. The molecule has 0 aliphatic rings. The van der Waals surface area contributed by atoms with E-state index in [4.69, 9.17) is 0 Å². The highest BCUT2D eigenvalue weighted by Gasteiger charge is 2.29. The van der Waals surface area contributed by atoms with Crippen LogP contribution in [0.25, 0.3) is 0 Å². The quantitative estimate of drug-likeness (QED) is 0.819. The zero-order chi connectivity index (χ0) is 17.9. The van der Waals surface area contributed by atoms with E-state index in [1.54, 1.807) is 49.4 Å². The van der Waals surface area contributed by atoms with E-state index in [1.807, 2.05) is 13.0 Å². The SMILES string of the molecule is Cc1cccc(N(C(C)C(=O)Nc2ccc(Br)cc2)S(C)(=O)=O)c1. The maximum absolute atomic E-state index is 12.5. The number of amides is 1. The van der Waals surface area contributed by atoms with Crippen molar-refractivity contribution in [1.82, 2.24) is 0 Å². The third-order valence-electron chi connectivity index (χ3n) is 3.46. The molecule has 2 aromatic carbocycles. The molecule has 24 heavy (non-hydrogen) atoms. The molecule has 5 nitrogen and oxygen atoms in total. The van der Waals surface area contributed by atoms with E-state index in [0.29, 0.717) is 11.4 Å². The smallest absolute Gasteiger partial charge is 0.247 e. The summed E-state index contributed by atoms with van der Waals surface area (Å²) in [4.78, 5) is 12.5. The van der Waals surface area contributed by atoms with Gasteiger partial charge in [-0.05, 0) is 55.8 Å². The zero-order valence-electron chi connectivity index (χ0n) is 13.7. The van der Waals surface area contributed by atoms with Crippen LogP contribution in [0, 0.1) is 6.92 Å². The van der Waals surface area contributed by atoms with Gasteiger partial charge in [-0.15, -0.1) is 0 Å². The Kier molecular flexibility index (Phi) is 5.66. The molecule has 1 atom stereocenters. The third-order valence-corrected chi connectivity index (χ3v) is 5.23. The van der Waals surface area contributed by atoms with Crippen molar-refractivity contribution >= 4 is 43.2 Å². The largest absolute Gasteiger partial charge is 0.324 e. The van der Waals surface area contributed by atoms with Gasteiger partial charge in [0.25, 0.3) is 0 Å². The highest BCUT2D eigenvalue weighted by molar-refractivity contribution is 9.10. The Hall–Kier alpha value is -1.86. The molecule has 0 aromatic heterocycles. The van der Waals surface area contributed by atoms with Crippen molar-refractivity contribution in [3.05, 3.63) is 58.6 Å². The highest BCUT2D eigenvalue weighted by atomic mass is 79.9. The minimum absolute atomic E-state index is 0.399. The zero-order valence-corrected chi connectivity index (χ0v) is 16.1. The first kappa shape index (κ1) is 18.5. The lowest BCUT2D eigenvalue weighted by atomic mass is 10.2. The summed E-state index contributed by atoms with van der Waals surface area (Å²) in [6.07, 6.45) is 1.10. The Labute approximate surface area is 150 Å². The Morgan fingerprint density at radius 2 is 1.79 bits per heavy atom. The van der Waals surface area contributed by atoms with E-state index in [9.17, 15) is 13.2 Å². The van der Waals surface area contributed by atoms with Crippen molar-refractivity contribution in [1.29, 1.82) is 0 Å². The topological polar surface area (TPSA) is 66.5 Å². The fourth-order valence-electron chi connectivity index (χ4n) is 2.35. The molecule has 1 amide bonds. The van der Waals surface area contributed by atoms with Crippen LogP contribution in [0.5, 0.6) is 0 Å². The molecule has 0 saturated carbocycles. The second-order valence-corrected chi connectivity index (χ2v) is 8.35. The fourth-order valence-corrected chi connectivity index (χ4v) is 3.78. The molecule has 2 aromatic rings. The predicted molar refractivity (Wildman–Crippen MR) is 101 cm³/mol. The van der Waals surface area contributed by atoms with Crippen molar-refractivity contribution in [2.24, 2.45) is 0 Å². The van der Waals surface area contributed by atoms with E-state index in [1.165, 1.54) is 0 Å². The second kappa shape index (κ2) is 7.36. The molecule has 1 unspecified atom stereocenters. The van der Waals surface area contributed by atoms with Crippen molar-refractivity contribution in [3.8, 4) is 0 Å². The summed E-state index contributed by atoms with van der Waals surface area (Å²) in [6.45, 7) is 3.44. The van der Waals surface area contributed by atoms with Gasteiger partial charge < -0.3 is 5.32 Å². The first-order chi connectivity index (χ1) is 11.2. The van der Waals surface area contributed by atoms with E-state index >= 15 is 0 Å². The number of carbonyl (C=O) groups excluding carboxylic acids is 1. The Balaban J connectivity index is 2.29. The number of sulfonamides is 1. The molecule has 0 heterocycles. The molecule has 7 heteroatoms. The number of nitrogens with one attached hydrogen (secondary N) is 1. The van der Waals surface area contributed by atoms with Crippen LogP contribution < -0.4 is 9.62 Å². The van der Waals surface area contributed by atoms with Gasteiger partial charge in [-0.3, -0.25) is 9.10 Å². The summed E-state index contributed by atoms with van der Waals surface area (Å²) < 4.78 is 26.5. The van der Waals surface area contributed by atoms with Gasteiger partial charge in [-0.25, -0.2) is 8.42 Å². The van der Waals surface area contributed by atoms with E-state index < -0.39 is 22.0 Å². The standard InChI is InChI=1S/C17H19BrN2O3S/c1-12-5-4-6-16(11-12)20(24(3,22)23)13(2)17(21)19-15-9-7-14(18)8-10-15/h4-11,13H,1-3H3,(H,19,21). The molecular weight excluding hydrogens is 392 g/mol. The van der Waals surface area contributed by atoms with Crippen LogP contribution in [0.3, 0.4) is 0 Å². The molecule has 128 valence electrons. The molecule has 2 rings (SSSR count). The van der Waals surface area contributed by atoms with Gasteiger partial charge in [-0.2, -0.15) is 0 Å². The second-order valence-electron chi connectivity index (χ2n) is 5.57. The van der Waals surface area contributed by atoms with E-state index in [2.05, 4.69) is 21.2 Å². The van der Waals surface area contributed by atoms with Crippen LogP contribution in [0.15, 0.2) is 53.0 Å². The van der Waals surface area contributed by atoms with E-state index in [0.717, 1.165) is 20.6 Å². The van der Waals surface area contributed by atoms with Gasteiger partial charge in [0.2, 0.25) is 15.9 Å². The number of nitrogens with zero attached hydrogens (tertiary/aromatic N) is 1.